The highest BCUT2D eigenvalue weighted by molar-refractivity contribution is 6.31. The third-order valence-electron chi connectivity index (χ3n) is 4.87. The fraction of sp³-hybridized carbons (Fsp3) is 0.450. The number of hydrogen-bond donors (Lipinski definition) is 2. The molecule has 1 aliphatic rings. The van der Waals surface area contributed by atoms with Gasteiger partial charge in [0.15, 0.2) is 5.82 Å². The Balaban J connectivity index is 1.87. The van der Waals surface area contributed by atoms with Crippen molar-refractivity contribution < 1.29 is 9.59 Å². The fourth-order valence-corrected chi connectivity index (χ4v) is 3.46. The second-order valence-electron chi connectivity index (χ2n) is 6.82. The molecule has 0 radical (unpaired) electrons. The van der Waals surface area contributed by atoms with Gasteiger partial charge in [0.05, 0.1) is 5.69 Å². The van der Waals surface area contributed by atoms with Crippen molar-refractivity contribution in [1.29, 1.82) is 0 Å². The van der Waals surface area contributed by atoms with E-state index in [-0.39, 0.29) is 17.6 Å². The molecule has 2 aromatic rings. The molecule has 0 bridgehead atoms. The molecule has 0 unspecified atom stereocenters. The van der Waals surface area contributed by atoms with Crippen molar-refractivity contribution in [2.24, 2.45) is 0 Å². The van der Waals surface area contributed by atoms with E-state index in [4.69, 9.17) is 11.6 Å². The van der Waals surface area contributed by atoms with Crippen LogP contribution in [-0.4, -0.2) is 27.9 Å². The number of amides is 2. The molecule has 2 heterocycles. The molecule has 144 valence electrons. The van der Waals surface area contributed by atoms with Crippen LogP contribution < -0.4 is 10.6 Å². The van der Waals surface area contributed by atoms with Crippen LogP contribution in [0.5, 0.6) is 0 Å². The Hall–Kier alpha value is -2.34. The number of unbranched alkanes of at least 4 members (excludes halogenated alkanes) is 1. The molecule has 0 fully saturated rings. The largest absolute Gasteiger partial charge is 0.351 e. The summed E-state index contributed by atoms with van der Waals surface area (Å²) in [7, 11) is 0. The van der Waals surface area contributed by atoms with Crippen LogP contribution in [0.15, 0.2) is 18.2 Å². The first-order chi connectivity index (χ1) is 13.0. The van der Waals surface area contributed by atoms with Gasteiger partial charge in [-0.05, 0) is 50.3 Å². The Labute approximate surface area is 164 Å². The average Bonchev–Trinajstić information content (AvgIpc) is 3.05. The van der Waals surface area contributed by atoms with E-state index in [9.17, 15) is 9.59 Å². The Kier molecular flexibility index (Phi) is 6.16. The van der Waals surface area contributed by atoms with E-state index < -0.39 is 0 Å². The number of hydrogen-bond acceptors (Lipinski definition) is 3. The van der Waals surface area contributed by atoms with Gasteiger partial charge in [-0.15, -0.1) is 0 Å². The molecular formula is C20H25ClN4O2. The summed E-state index contributed by atoms with van der Waals surface area (Å²) in [4.78, 5) is 29.8. The van der Waals surface area contributed by atoms with Crippen molar-refractivity contribution in [2.75, 3.05) is 11.9 Å². The molecule has 2 N–H and O–H groups in total. The first-order valence-corrected chi connectivity index (χ1v) is 9.84. The van der Waals surface area contributed by atoms with Crippen molar-refractivity contribution >= 4 is 29.1 Å². The topological polar surface area (TPSA) is 76.0 Å². The predicted octanol–water partition coefficient (Wildman–Crippen LogP) is 3.96. The van der Waals surface area contributed by atoms with Gasteiger partial charge in [-0.1, -0.05) is 31.0 Å². The molecule has 0 saturated heterocycles. The van der Waals surface area contributed by atoms with Gasteiger partial charge in [-0.2, -0.15) is 0 Å². The van der Waals surface area contributed by atoms with E-state index in [0.29, 0.717) is 29.5 Å². The number of nitrogens with zero attached hydrogens (tertiary/aromatic N) is 2. The van der Waals surface area contributed by atoms with Crippen LogP contribution in [0.25, 0.3) is 0 Å². The zero-order valence-corrected chi connectivity index (χ0v) is 16.5. The summed E-state index contributed by atoms with van der Waals surface area (Å²) >= 11 is 6.14. The number of carbonyl (C=O) groups is 2. The highest BCUT2D eigenvalue weighted by atomic mass is 35.5. The molecule has 3 rings (SSSR count). The van der Waals surface area contributed by atoms with E-state index >= 15 is 0 Å². The number of nitrogens with one attached hydrogen (secondary N) is 2. The number of carbonyl (C=O) groups excluding carboxylic acids is 2. The number of fused-ring (bicyclic) bond motifs is 1. The first kappa shape index (κ1) is 19.4. The normalized spacial score (nSPS) is 13.1. The highest BCUT2D eigenvalue weighted by Gasteiger charge is 2.27. The predicted molar refractivity (Wildman–Crippen MR) is 107 cm³/mol. The minimum Gasteiger partial charge on any atom is -0.351 e. The average molecular weight is 389 g/mol. The summed E-state index contributed by atoms with van der Waals surface area (Å²) < 4.78 is 1.88. The summed E-state index contributed by atoms with van der Waals surface area (Å²) in [5.41, 5.74) is 2.67. The molecule has 1 aromatic heterocycles. The lowest BCUT2D eigenvalue weighted by atomic mass is 10.1. The van der Waals surface area contributed by atoms with E-state index in [1.54, 1.807) is 18.2 Å². The van der Waals surface area contributed by atoms with Crippen LogP contribution in [0, 0.1) is 6.92 Å². The molecule has 0 saturated carbocycles. The summed E-state index contributed by atoms with van der Waals surface area (Å²) in [5.74, 6) is -0.243. The van der Waals surface area contributed by atoms with E-state index in [2.05, 4.69) is 22.5 Å². The molecule has 0 atom stereocenters. The minimum atomic E-state index is -0.323. The van der Waals surface area contributed by atoms with Crippen molar-refractivity contribution in [3.63, 3.8) is 0 Å². The zero-order valence-electron chi connectivity index (χ0n) is 15.8. The monoisotopic (exact) mass is 388 g/mol. The number of rotatable bonds is 6. The fourth-order valence-electron chi connectivity index (χ4n) is 3.28. The molecule has 6 nitrogen and oxygen atoms in total. The van der Waals surface area contributed by atoms with Gasteiger partial charge in [0, 0.05) is 23.8 Å². The standard InChI is InChI=1S/C20H25ClN4O2/c1-3-4-11-22-19(26)17-16-10-5-6-12-25(16)18(24-17)20(27)23-15-9-7-8-14(21)13(15)2/h7-9H,3-6,10-12H2,1-2H3,(H,22,26)(H,23,27). The molecule has 0 spiro atoms. The number of imidazole rings is 1. The van der Waals surface area contributed by atoms with E-state index in [1.165, 1.54) is 0 Å². The highest BCUT2D eigenvalue weighted by Crippen LogP contribution is 2.25. The zero-order chi connectivity index (χ0) is 19.4. The summed E-state index contributed by atoms with van der Waals surface area (Å²) in [6, 6.07) is 5.37. The Morgan fingerprint density at radius 1 is 1.26 bits per heavy atom. The maximum Gasteiger partial charge on any atom is 0.291 e. The SMILES string of the molecule is CCCCNC(=O)c1nc(C(=O)Nc2cccc(Cl)c2C)n2c1CCCC2. The van der Waals surface area contributed by atoms with Crippen LogP contribution in [0.4, 0.5) is 5.69 Å². The van der Waals surface area contributed by atoms with Crippen LogP contribution in [0.2, 0.25) is 5.02 Å². The quantitative estimate of drug-likeness (QED) is 0.735. The van der Waals surface area contributed by atoms with Crippen LogP contribution in [0.1, 0.15) is 65.0 Å². The lowest BCUT2D eigenvalue weighted by Crippen LogP contribution is -2.26. The van der Waals surface area contributed by atoms with E-state index in [0.717, 1.165) is 43.4 Å². The maximum atomic E-state index is 12.9. The van der Waals surface area contributed by atoms with E-state index in [1.807, 2.05) is 11.5 Å². The second-order valence-corrected chi connectivity index (χ2v) is 7.22. The Morgan fingerprint density at radius 2 is 2.07 bits per heavy atom. The number of benzene rings is 1. The van der Waals surface area contributed by atoms with Crippen molar-refractivity contribution in [3.8, 4) is 0 Å². The first-order valence-electron chi connectivity index (χ1n) is 9.47. The lowest BCUT2D eigenvalue weighted by Gasteiger charge is -2.17. The molecule has 1 aliphatic heterocycles. The van der Waals surface area contributed by atoms with Gasteiger partial charge >= 0.3 is 0 Å². The molecule has 1 aromatic carbocycles. The minimum absolute atomic E-state index is 0.202. The smallest absolute Gasteiger partial charge is 0.291 e. The van der Waals surface area contributed by atoms with Crippen molar-refractivity contribution in [3.05, 3.63) is 46.0 Å². The second kappa shape index (κ2) is 8.57. The Bertz CT molecular complexity index is 860. The number of aromatic nitrogens is 2. The van der Waals surface area contributed by atoms with Crippen LogP contribution >= 0.6 is 11.6 Å². The van der Waals surface area contributed by atoms with Crippen molar-refractivity contribution in [2.45, 2.75) is 52.5 Å². The van der Waals surface area contributed by atoms with Gasteiger partial charge < -0.3 is 15.2 Å². The third-order valence-corrected chi connectivity index (χ3v) is 5.28. The van der Waals surface area contributed by atoms with Crippen LogP contribution in [-0.2, 0) is 13.0 Å². The van der Waals surface area contributed by atoms with Gasteiger partial charge in [-0.3, -0.25) is 9.59 Å². The number of anilines is 1. The Morgan fingerprint density at radius 3 is 2.85 bits per heavy atom. The number of halogens is 1. The van der Waals surface area contributed by atoms with Gasteiger partial charge in [-0.25, -0.2) is 4.98 Å². The van der Waals surface area contributed by atoms with Gasteiger partial charge in [0.1, 0.15) is 5.69 Å². The molecule has 7 heteroatoms. The molecular weight excluding hydrogens is 364 g/mol. The molecule has 27 heavy (non-hydrogen) atoms. The van der Waals surface area contributed by atoms with Crippen LogP contribution in [0.3, 0.4) is 0 Å². The summed E-state index contributed by atoms with van der Waals surface area (Å²) in [5, 5.41) is 6.38. The summed E-state index contributed by atoms with van der Waals surface area (Å²) in [6.45, 7) is 5.24. The molecule has 2 amide bonds. The van der Waals surface area contributed by atoms with Gasteiger partial charge in [0.25, 0.3) is 11.8 Å². The summed E-state index contributed by atoms with van der Waals surface area (Å²) in [6.07, 6.45) is 4.65. The molecule has 0 aliphatic carbocycles. The third kappa shape index (κ3) is 4.16. The maximum absolute atomic E-state index is 12.9. The lowest BCUT2D eigenvalue weighted by molar-refractivity contribution is 0.0947. The van der Waals surface area contributed by atoms with Crippen molar-refractivity contribution in [1.82, 2.24) is 14.9 Å². The van der Waals surface area contributed by atoms with Gasteiger partial charge in [0.2, 0.25) is 0 Å².